The number of hydrogen-bond donors (Lipinski definition) is 3. The number of carbonyl (C=O) groups is 2. The lowest BCUT2D eigenvalue weighted by molar-refractivity contribution is -0.123. The Hall–Kier alpha value is -3.28. The standard InChI is InChI=1S/C19H17N3O3/c23-18(14-11-20-19(24)21-14)22-17(12-6-2-1-3-7-12)16-10-13-8-4-5-9-15(13)25-16/h1-10,14,17H,11H2,(H,22,23)(H2,20,21,24)/t14-,17-/m1/s1. The first kappa shape index (κ1) is 15.3. The van der Waals surface area contributed by atoms with E-state index in [9.17, 15) is 9.59 Å². The highest BCUT2D eigenvalue weighted by Gasteiger charge is 2.30. The molecule has 3 N–H and O–H groups in total. The summed E-state index contributed by atoms with van der Waals surface area (Å²) >= 11 is 0. The number of amides is 3. The Kier molecular flexibility index (Phi) is 3.85. The van der Waals surface area contributed by atoms with Gasteiger partial charge in [-0.2, -0.15) is 0 Å². The predicted octanol–water partition coefficient (Wildman–Crippen LogP) is 2.32. The van der Waals surface area contributed by atoms with Crippen LogP contribution in [0.15, 0.2) is 65.1 Å². The van der Waals surface area contributed by atoms with Gasteiger partial charge in [-0.15, -0.1) is 0 Å². The van der Waals surface area contributed by atoms with E-state index in [0.29, 0.717) is 5.76 Å². The second-order valence-electron chi connectivity index (χ2n) is 5.95. The highest BCUT2D eigenvalue weighted by molar-refractivity contribution is 5.90. The van der Waals surface area contributed by atoms with Gasteiger partial charge in [0.25, 0.3) is 0 Å². The lowest BCUT2D eigenvalue weighted by Crippen LogP contribution is -2.44. The molecule has 4 rings (SSSR count). The molecular weight excluding hydrogens is 318 g/mol. The number of hydrogen-bond acceptors (Lipinski definition) is 3. The summed E-state index contributed by atoms with van der Waals surface area (Å²) in [6.45, 7) is 0.270. The quantitative estimate of drug-likeness (QED) is 0.684. The van der Waals surface area contributed by atoms with Crippen LogP contribution >= 0.6 is 0 Å². The summed E-state index contributed by atoms with van der Waals surface area (Å²) in [7, 11) is 0. The van der Waals surface area contributed by atoms with Crippen molar-refractivity contribution >= 4 is 22.9 Å². The molecule has 0 unspecified atom stereocenters. The van der Waals surface area contributed by atoms with Gasteiger partial charge in [0.15, 0.2) is 0 Å². The largest absolute Gasteiger partial charge is 0.459 e. The zero-order valence-corrected chi connectivity index (χ0v) is 13.4. The van der Waals surface area contributed by atoms with Gasteiger partial charge in [0.2, 0.25) is 5.91 Å². The van der Waals surface area contributed by atoms with Gasteiger partial charge in [-0.3, -0.25) is 4.79 Å². The number of furan rings is 1. The minimum Gasteiger partial charge on any atom is -0.459 e. The molecule has 0 aliphatic carbocycles. The Morgan fingerprint density at radius 2 is 1.88 bits per heavy atom. The zero-order chi connectivity index (χ0) is 17.2. The predicted molar refractivity (Wildman–Crippen MR) is 93.0 cm³/mol. The molecule has 0 bridgehead atoms. The van der Waals surface area contributed by atoms with Crippen molar-refractivity contribution in [3.8, 4) is 0 Å². The smallest absolute Gasteiger partial charge is 0.315 e. The van der Waals surface area contributed by atoms with E-state index >= 15 is 0 Å². The first-order valence-corrected chi connectivity index (χ1v) is 8.09. The fourth-order valence-electron chi connectivity index (χ4n) is 2.97. The summed E-state index contributed by atoms with van der Waals surface area (Å²) < 4.78 is 5.95. The van der Waals surface area contributed by atoms with Crippen LogP contribution in [-0.4, -0.2) is 24.5 Å². The Balaban J connectivity index is 1.67. The van der Waals surface area contributed by atoms with Gasteiger partial charge in [0, 0.05) is 11.9 Å². The van der Waals surface area contributed by atoms with Crippen LogP contribution in [0.5, 0.6) is 0 Å². The number of benzene rings is 2. The molecule has 2 heterocycles. The second kappa shape index (κ2) is 6.32. The molecule has 1 saturated heterocycles. The fraction of sp³-hybridized carbons (Fsp3) is 0.158. The summed E-state index contributed by atoms with van der Waals surface area (Å²) in [5, 5.41) is 9.15. The van der Waals surface area contributed by atoms with Gasteiger partial charge in [0.05, 0.1) is 0 Å². The Bertz CT molecular complexity index is 887. The summed E-state index contributed by atoms with van der Waals surface area (Å²) in [6.07, 6.45) is 0. The van der Waals surface area contributed by atoms with E-state index in [1.54, 1.807) is 0 Å². The fourth-order valence-corrected chi connectivity index (χ4v) is 2.97. The molecule has 1 fully saturated rings. The number of carbonyl (C=O) groups excluding carboxylic acids is 2. The van der Waals surface area contributed by atoms with Crippen LogP contribution in [-0.2, 0) is 4.79 Å². The first-order chi connectivity index (χ1) is 12.2. The van der Waals surface area contributed by atoms with Gasteiger partial charge >= 0.3 is 6.03 Å². The van der Waals surface area contributed by atoms with E-state index in [-0.39, 0.29) is 18.5 Å². The Morgan fingerprint density at radius 1 is 1.12 bits per heavy atom. The van der Waals surface area contributed by atoms with Crippen molar-refractivity contribution in [3.05, 3.63) is 72.0 Å². The van der Waals surface area contributed by atoms with Gasteiger partial charge in [-0.05, 0) is 17.7 Å². The average Bonchev–Trinajstić information content (AvgIpc) is 3.26. The molecule has 1 aliphatic heterocycles. The molecule has 25 heavy (non-hydrogen) atoms. The van der Waals surface area contributed by atoms with Crippen molar-refractivity contribution in [1.29, 1.82) is 0 Å². The monoisotopic (exact) mass is 335 g/mol. The van der Waals surface area contributed by atoms with Gasteiger partial charge in [0.1, 0.15) is 23.4 Å². The van der Waals surface area contributed by atoms with Gasteiger partial charge < -0.3 is 20.4 Å². The van der Waals surface area contributed by atoms with E-state index in [2.05, 4.69) is 16.0 Å². The SMILES string of the molecule is O=C1NC[C@H](C(=O)N[C@H](c2ccccc2)c2cc3ccccc3o2)N1. The molecule has 2 aromatic carbocycles. The minimum absolute atomic E-state index is 0.257. The van der Waals surface area contributed by atoms with Crippen molar-refractivity contribution in [1.82, 2.24) is 16.0 Å². The molecule has 0 spiro atoms. The number of fused-ring (bicyclic) bond motifs is 1. The zero-order valence-electron chi connectivity index (χ0n) is 13.4. The summed E-state index contributed by atoms with van der Waals surface area (Å²) in [5.74, 6) is 0.394. The topological polar surface area (TPSA) is 83.4 Å². The van der Waals surface area contributed by atoms with Crippen LogP contribution in [0.25, 0.3) is 11.0 Å². The number of rotatable bonds is 4. The summed E-state index contributed by atoms with van der Waals surface area (Å²) in [4.78, 5) is 23.8. The van der Waals surface area contributed by atoms with Gasteiger partial charge in [-0.1, -0.05) is 48.5 Å². The van der Waals surface area contributed by atoms with Crippen LogP contribution in [0.2, 0.25) is 0 Å². The molecule has 3 aromatic rings. The number of nitrogens with one attached hydrogen (secondary N) is 3. The summed E-state index contributed by atoms with van der Waals surface area (Å²) in [5.41, 5.74) is 1.68. The molecule has 0 saturated carbocycles. The molecule has 1 aliphatic rings. The van der Waals surface area contributed by atoms with Crippen molar-refractivity contribution in [2.75, 3.05) is 6.54 Å². The molecule has 126 valence electrons. The third-order valence-corrected chi connectivity index (χ3v) is 4.24. The van der Waals surface area contributed by atoms with Crippen LogP contribution in [0.3, 0.4) is 0 Å². The Labute approximate surface area is 144 Å². The van der Waals surface area contributed by atoms with Crippen molar-refractivity contribution < 1.29 is 14.0 Å². The normalized spacial score (nSPS) is 17.8. The second-order valence-corrected chi connectivity index (χ2v) is 5.95. The maximum Gasteiger partial charge on any atom is 0.315 e. The maximum absolute atomic E-state index is 12.6. The maximum atomic E-state index is 12.6. The molecule has 3 amide bonds. The Morgan fingerprint density at radius 3 is 2.60 bits per heavy atom. The van der Waals surface area contributed by atoms with E-state index < -0.39 is 12.1 Å². The van der Waals surface area contributed by atoms with E-state index in [4.69, 9.17) is 4.42 Å². The minimum atomic E-state index is -0.594. The summed E-state index contributed by atoms with van der Waals surface area (Å²) in [6, 6.07) is 17.9. The average molecular weight is 335 g/mol. The van der Waals surface area contributed by atoms with Crippen molar-refractivity contribution in [3.63, 3.8) is 0 Å². The van der Waals surface area contributed by atoms with Crippen LogP contribution < -0.4 is 16.0 Å². The van der Waals surface area contributed by atoms with E-state index in [1.807, 2.05) is 60.7 Å². The molecule has 1 aromatic heterocycles. The third-order valence-electron chi connectivity index (χ3n) is 4.24. The first-order valence-electron chi connectivity index (χ1n) is 8.09. The van der Waals surface area contributed by atoms with Crippen molar-refractivity contribution in [2.45, 2.75) is 12.1 Å². The molecule has 2 atom stereocenters. The number of para-hydroxylation sites is 1. The van der Waals surface area contributed by atoms with Crippen LogP contribution in [0, 0.1) is 0 Å². The molecular formula is C19H17N3O3. The lowest BCUT2D eigenvalue weighted by Gasteiger charge is -2.19. The molecule has 0 radical (unpaired) electrons. The van der Waals surface area contributed by atoms with E-state index in [1.165, 1.54) is 0 Å². The van der Waals surface area contributed by atoms with Crippen LogP contribution in [0.1, 0.15) is 17.4 Å². The highest BCUT2D eigenvalue weighted by Crippen LogP contribution is 2.28. The lowest BCUT2D eigenvalue weighted by atomic mass is 10.0. The van der Waals surface area contributed by atoms with Crippen molar-refractivity contribution in [2.24, 2.45) is 0 Å². The highest BCUT2D eigenvalue weighted by atomic mass is 16.3. The molecule has 6 nitrogen and oxygen atoms in total. The molecule has 6 heteroatoms. The van der Waals surface area contributed by atoms with Crippen LogP contribution in [0.4, 0.5) is 4.79 Å². The van der Waals surface area contributed by atoms with Gasteiger partial charge in [-0.25, -0.2) is 4.79 Å². The number of urea groups is 1. The van der Waals surface area contributed by atoms with E-state index in [0.717, 1.165) is 16.5 Å². The third kappa shape index (κ3) is 3.06.